The lowest BCUT2D eigenvalue weighted by Crippen LogP contribution is -2.33. The van der Waals surface area contributed by atoms with Crippen LogP contribution < -0.4 is 9.30 Å². The van der Waals surface area contributed by atoms with Crippen molar-refractivity contribution in [2.24, 2.45) is 7.05 Å². The number of carbonyl (C=O) groups is 1. The fraction of sp³-hybridized carbons (Fsp3) is 0.143. The average Bonchev–Trinajstić information content (AvgIpc) is 2.68. The van der Waals surface area contributed by atoms with Crippen molar-refractivity contribution in [3.05, 3.63) is 89.7 Å². The van der Waals surface area contributed by atoms with Gasteiger partial charge in [-0.25, -0.2) is 13.0 Å². The maximum atomic E-state index is 10.6. The predicted molar refractivity (Wildman–Crippen MR) is 103 cm³/mol. The van der Waals surface area contributed by atoms with E-state index in [-0.39, 0.29) is 4.90 Å². The van der Waals surface area contributed by atoms with E-state index < -0.39 is 10.1 Å². The van der Waals surface area contributed by atoms with E-state index in [0.29, 0.717) is 17.9 Å². The lowest BCUT2D eigenvalue weighted by molar-refractivity contribution is -0.680. The minimum absolute atomic E-state index is 0.178. The summed E-state index contributed by atoms with van der Waals surface area (Å²) in [6.45, 7) is 2.31. The Morgan fingerprint density at radius 1 is 1.04 bits per heavy atom. The average molecular weight is 399 g/mol. The van der Waals surface area contributed by atoms with Gasteiger partial charge in [0.1, 0.15) is 29.2 Å². The molecule has 0 aliphatic rings. The second kappa shape index (κ2) is 9.77. The van der Waals surface area contributed by atoms with Crippen LogP contribution in [0.25, 0.3) is 0 Å². The molecule has 3 rings (SSSR count). The summed E-state index contributed by atoms with van der Waals surface area (Å²) in [7, 11) is -2.30. The molecule has 0 aliphatic carbocycles. The molecule has 0 saturated heterocycles. The Hall–Kier alpha value is -3.03. The van der Waals surface area contributed by atoms with E-state index in [9.17, 15) is 17.8 Å². The number of aromatic nitrogens is 1. The zero-order chi connectivity index (χ0) is 20.6. The molecular weight excluding hydrogens is 378 g/mol. The van der Waals surface area contributed by atoms with Gasteiger partial charge in [-0.2, -0.15) is 0 Å². The second-order valence-electron chi connectivity index (χ2n) is 6.05. The molecule has 1 aromatic heterocycles. The number of ether oxygens (including phenoxy) is 1. The maximum Gasteiger partial charge on any atom is 0.219 e. The smallest absolute Gasteiger partial charge is 0.219 e. The predicted octanol–water partition coefficient (Wildman–Crippen LogP) is 2.80. The standard InChI is InChI=1S/C14H14NO2.C7H8O3S/c1-15-8-3-2-6-13(15)11-17-14-7-4-5-12(9-14)10-16;1-6-2-4-7(5-3-6)11(8,9)10/h2-10H,11H2,1H3;2-5H,1H3,(H,8,9,10)/q+1;/p-1. The molecule has 0 radical (unpaired) electrons. The first-order valence-corrected chi connectivity index (χ1v) is 9.84. The molecule has 3 aromatic rings. The molecule has 0 spiro atoms. The van der Waals surface area contributed by atoms with Crippen LogP contribution in [0.3, 0.4) is 0 Å². The monoisotopic (exact) mass is 399 g/mol. The third kappa shape index (κ3) is 6.61. The van der Waals surface area contributed by atoms with Crippen molar-refractivity contribution < 1.29 is 27.1 Å². The number of aldehydes is 1. The Labute approximate surface area is 164 Å². The van der Waals surface area contributed by atoms with E-state index in [1.807, 2.05) is 55.1 Å². The van der Waals surface area contributed by atoms with Crippen LogP contribution in [0, 0.1) is 6.92 Å². The highest BCUT2D eigenvalue weighted by atomic mass is 32.2. The van der Waals surface area contributed by atoms with Crippen LogP contribution in [0.2, 0.25) is 0 Å². The number of aryl methyl sites for hydroxylation is 2. The SMILES string of the molecule is C[n+]1ccccc1COc1cccc(C=O)c1.Cc1ccc(S(=O)(=O)[O-])cc1. The van der Waals surface area contributed by atoms with Crippen molar-refractivity contribution in [2.45, 2.75) is 18.4 Å². The molecule has 0 saturated carbocycles. The second-order valence-corrected chi connectivity index (χ2v) is 7.43. The summed E-state index contributed by atoms with van der Waals surface area (Å²) in [4.78, 5) is 10.4. The van der Waals surface area contributed by atoms with E-state index in [0.717, 1.165) is 17.5 Å². The van der Waals surface area contributed by atoms with Crippen LogP contribution in [0.15, 0.2) is 77.8 Å². The molecule has 0 amide bonds. The molecule has 0 N–H and O–H groups in total. The number of pyridine rings is 1. The molecule has 7 heteroatoms. The first-order chi connectivity index (χ1) is 13.3. The molecule has 0 bridgehead atoms. The number of rotatable bonds is 5. The fourth-order valence-electron chi connectivity index (χ4n) is 2.25. The van der Waals surface area contributed by atoms with Crippen molar-refractivity contribution >= 4 is 16.4 Å². The Morgan fingerprint density at radius 3 is 2.36 bits per heavy atom. The van der Waals surface area contributed by atoms with E-state index in [1.165, 1.54) is 12.1 Å². The van der Waals surface area contributed by atoms with E-state index >= 15 is 0 Å². The largest absolute Gasteiger partial charge is 0.744 e. The number of hydrogen-bond donors (Lipinski definition) is 0. The van der Waals surface area contributed by atoms with E-state index in [1.54, 1.807) is 24.3 Å². The van der Waals surface area contributed by atoms with Gasteiger partial charge in [-0.05, 0) is 37.3 Å². The van der Waals surface area contributed by atoms with Crippen molar-refractivity contribution in [1.82, 2.24) is 0 Å². The van der Waals surface area contributed by atoms with Gasteiger partial charge in [-0.15, -0.1) is 0 Å². The first-order valence-electron chi connectivity index (χ1n) is 8.44. The Kier molecular flexibility index (Phi) is 7.43. The summed E-state index contributed by atoms with van der Waals surface area (Å²) in [5.74, 6) is 0.707. The first kappa shape index (κ1) is 21.3. The molecule has 0 aliphatic heterocycles. The van der Waals surface area contributed by atoms with Gasteiger partial charge >= 0.3 is 0 Å². The quantitative estimate of drug-likeness (QED) is 0.374. The van der Waals surface area contributed by atoms with Crippen molar-refractivity contribution in [2.75, 3.05) is 0 Å². The molecule has 6 nitrogen and oxygen atoms in total. The third-order valence-corrected chi connectivity index (χ3v) is 4.70. The molecule has 0 fully saturated rings. The van der Waals surface area contributed by atoms with Gasteiger partial charge in [-0.3, -0.25) is 4.79 Å². The Bertz CT molecular complexity index is 1030. The topological polar surface area (TPSA) is 87.4 Å². The highest BCUT2D eigenvalue weighted by Crippen LogP contribution is 2.13. The number of nitrogens with zero attached hydrogens (tertiary/aromatic N) is 1. The minimum Gasteiger partial charge on any atom is -0.744 e. The zero-order valence-electron chi connectivity index (χ0n) is 15.6. The van der Waals surface area contributed by atoms with Crippen LogP contribution in [-0.4, -0.2) is 19.3 Å². The maximum absolute atomic E-state index is 10.6. The summed E-state index contributed by atoms with van der Waals surface area (Å²) in [5, 5.41) is 0. The summed E-state index contributed by atoms with van der Waals surface area (Å²) >= 11 is 0. The van der Waals surface area contributed by atoms with Gasteiger partial charge in [0.25, 0.3) is 0 Å². The van der Waals surface area contributed by atoms with E-state index in [2.05, 4.69) is 0 Å². The summed E-state index contributed by atoms with van der Waals surface area (Å²) < 4.78 is 38.8. The number of hydrogen-bond acceptors (Lipinski definition) is 5. The number of benzene rings is 2. The highest BCUT2D eigenvalue weighted by Gasteiger charge is 2.05. The molecular formula is C21H21NO5S. The highest BCUT2D eigenvalue weighted by molar-refractivity contribution is 7.85. The van der Waals surface area contributed by atoms with E-state index in [4.69, 9.17) is 4.74 Å². The fourth-order valence-corrected chi connectivity index (χ4v) is 2.72. The van der Waals surface area contributed by atoms with Crippen LogP contribution in [0.1, 0.15) is 21.6 Å². The van der Waals surface area contributed by atoms with Gasteiger partial charge in [0.05, 0.1) is 4.90 Å². The lowest BCUT2D eigenvalue weighted by atomic mass is 10.2. The third-order valence-electron chi connectivity index (χ3n) is 3.85. The summed E-state index contributed by atoms with van der Waals surface area (Å²) in [6.07, 6.45) is 2.79. The van der Waals surface area contributed by atoms with Gasteiger partial charge < -0.3 is 9.29 Å². The minimum atomic E-state index is -4.27. The van der Waals surface area contributed by atoms with Crippen molar-refractivity contribution in [3.63, 3.8) is 0 Å². The van der Waals surface area contributed by atoms with Gasteiger partial charge in [-0.1, -0.05) is 29.8 Å². The molecule has 2 aromatic carbocycles. The lowest BCUT2D eigenvalue weighted by Gasteiger charge is -2.05. The molecule has 0 unspecified atom stereocenters. The normalized spacial score (nSPS) is 10.5. The zero-order valence-corrected chi connectivity index (χ0v) is 16.4. The molecule has 0 atom stereocenters. The summed E-state index contributed by atoms with van der Waals surface area (Å²) in [5.41, 5.74) is 2.63. The van der Waals surface area contributed by atoms with Crippen LogP contribution >= 0.6 is 0 Å². The van der Waals surface area contributed by atoms with Crippen LogP contribution in [0.4, 0.5) is 0 Å². The Morgan fingerprint density at radius 2 is 1.75 bits per heavy atom. The van der Waals surface area contributed by atoms with Crippen molar-refractivity contribution in [1.29, 1.82) is 0 Å². The number of carbonyl (C=O) groups excluding carboxylic acids is 1. The van der Waals surface area contributed by atoms with Crippen LogP contribution in [-0.2, 0) is 23.8 Å². The van der Waals surface area contributed by atoms with Gasteiger partial charge in [0, 0.05) is 17.7 Å². The molecule has 146 valence electrons. The molecule has 28 heavy (non-hydrogen) atoms. The summed E-state index contributed by atoms with van der Waals surface area (Å²) in [6, 6.07) is 18.9. The van der Waals surface area contributed by atoms with Gasteiger partial charge in [0.2, 0.25) is 5.69 Å². The van der Waals surface area contributed by atoms with Gasteiger partial charge in [0.15, 0.2) is 12.8 Å². The Balaban J connectivity index is 0.000000221. The molecule has 1 heterocycles. The van der Waals surface area contributed by atoms with Crippen LogP contribution in [0.5, 0.6) is 5.75 Å². The van der Waals surface area contributed by atoms with Crippen molar-refractivity contribution in [3.8, 4) is 5.75 Å².